The third-order valence-corrected chi connectivity index (χ3v) is 10.4. The first-order valence-electron chi connectivity index (χ1n) is 18.2. The van der Waals surface area contributed by atoms with Crippen molar-refractivity contribution in [2.24, 2.45) is 0 Å². The SMILES string of the molecule is C.COc1ccnc2c1ccc1c(OC)ccnc12.Ic1cccc(I)c1.c1cc(-n2cnc3cccnc32)cc(-n2cnc3cccnc32)c1.c1ccc2[nH]cnc2c1. The maximum Gasteiger partial charge on any atom is 0.164 e. The Hall–Kier alpha value is -6.53. The Morgan fingerprint density at radius 2 is 1.00 bits per heavy atom. The van der Waals surface area contributed by atoms with E-state index in [2.05, 4.69) is 115 Å². The monoisotopic (exact) mass is 1020 g/mol. The van der Waals surface area contributed by atoms with E-state index >= 15 is 0 Å². The number of methoxy groups -OCH3 is 2. The second-order valence-electron chi connectivity index (χ2n) is 12.7. The highest BCUT2D eigenvalue weighted by Crippen LogP contribution is 2.32. The van der Waals surface area contributed by atoms with Crippen LogP contribution >= 0.6 is 45.2 Å². The Kier molecular flexibility index (Phi) is 13.5. The average molecular weight is 1020 g/mol. The van der Waals surface area contributed by atoms with Crippen LogP contribution in [-0.4, -0.2) is 63.2 Å². The number of aromatic nitrogens is 10. The van der Waals surface area contributed by atoms with Gasteiger partial charge in [0.05, 0.1) is 43.0 Å². The Morgan fingerprint density at radius 1 is 0.483 bits per heavy atom. The van der Waals surface area contributed by atoms with Crippen LogP contribution in [0.4, 0.5) is 0 Å². The van der Waals surface area contributed by atoms with Gasteiger partial charge in [-0.1, -0.05) is 31.7 Å². The summed E-state index contributed by atoms with van der Waals surface area (Å²) in [5.74, 6) is 1.60. The van der Waals surface area contributed by atoms with Gasteiger partial charge >= 0.3 is 0 Å². The van der Waals surface area contributed by atoms with Crippen molar-refractivity contribution in [3.8, 4) is 22.9 Å². The molecule has 14 heteroatoms. The molecule has 0 amide bonds. The van der Waals surface area contributed by atoms with Crippen molar-refractivity contribution in [3.63, 3.8) is 0 Å². The lowest BCUT2D eigenvalue weighted by Crippen LogP contribution is -1.98. The molecule has 11 rings (SSSR count). The third kappa shape index (κ3) is 9.19. The predicted molar refractivity (Wildman–Crippen MR) is 256 cm³/mol. The normalized spacial score (nSPS) is 10.5. The van der Waals surface area contributed by atoms with Gasteiger partial charge in [0.2, 0.25) is 0 Å². The highest BCUT2D eigenvalue weighted by atomic mass is 127. The van der Waals surface area contributed by atoms with Crippen molar-refractivity contribution in [2.45, 2.75) is 7.43 Å². The fourth-order valence-corrected chi connectivity index (χ4v) is 8.02. The van der Waals surface area contributed by atoms with E-state index in [1.807, 2.05) is 100 Å². The summed E-state index contributed by atoms with van der Waals surface area (Å²) in [5, 5.41) is 1.90. The Balaban J connectivity index is 0.000000132. The number of ether oxygens (including phenoxy) is 2. The Bertz CT molecular complexity index is 2970. The Labute approximate surface area is 373 Å². The molecule has 0 bridgehead atoms. The molecule has 0 spiro atoms. The van der Waals surface area contributed by atoms with Crippen LogP contribution in [0.15, 0.2) is 165 Å². The van der Waals surface area contributed by atoms with Crippen molar-refractivity contribution in [2.75, 3.05) is 14.2 Å². The van der Waals surface area contributed by atoms with E-state index in [-0.39, 0.29) is 7.43 Å². The highest BCUT2D eigenvalue weighted by Gasteiger charge is 2.11. The largest absolute Gasteiger partial charge is 0.496 e. The standard InChI is InChI=1S/C18H12N6.C14H12N2O2.C7H6N2.C6H4I2.CH4/c1-4-13(23-11-21-15-6-2-8-19-17(15)23)10-14(5-1)24-12-22-16-7-3-9-20-18(16)24;1-17-11-5-7-15-13-9(11)3-4-10-12(18-2)6-8-16-14(10)13;1-2-4-7-6(3-1)8-5-9-7;7-5-2-1-3-6(8)4-5;/h1-12H;3-8H,1-2H3;1-5H,(H,8,9);1-4H;1H4. The maximum absolute atomic E-state index is 5.33. The van der Waals surface area contributed by atoms with Crippen LogP contribution in [0, 0.1) is 7.14 Å². The first kappa shape index (κ1) is 41.6. The number of aromatic amines is 1. The van der Waals surface area contributed by atoms with Crippen molar-refractivity contribution in [3.05, 3.63) is 172 Å². The first-order chi connectivity index (χ1) is 29.0. The fraction of sp³-hybridized carbons (Fsp3) is 0.0652. The van der Waals surface area contributed by atoms with Gasteiger partial charge in [-0.15, -0.1) is 0 Å². The van der Waals surface area contributed by atoms with Crippen molar-refractivity contribution < 1.29 is 9.47 Å². The van der Waals surface area contributed by atoms with Crippen molar-refractivity contribution in [1.29, 1.82) is 0 Å². The van der Waals surface area contributed by atoms with E-state index in [1.165, 1.54) is 7.14 Å². The van der Waals surface area contributed by atoms with E-state index < -0.39 is 0 Å². The number of para-hydroxylation sites is 2. The molecule has 0 radical (unpaired) electrons. The molecule has 0 unspecified atom stereocenters. The minimum atomic E-state index is 0. The molecule has 0 saturated carbocycles. The molecule has 0 aliphatic rings. The molecule has 11 aromatic rings. The number of rotatable bonds is 4. The zero-order valence-electron chi connectivity index (χ0n) is 31.7. The second-order valence-corrected chi connectivity index (χ2v) is 15.2. The summed E-state index contributed by atoms with van der Waals surface area (Å²) in [4.78, 5) is 33.5. The zero-order valence-corrected chi connectivity index (χ0v) is 36.0. The molecule has 7 aromatic heterocycles. The maximum atomic E-state index is 5.33. The van der Waals surface area contributed by atoms with Crippen LogP contribution in [0.25, 0.3) is 66.5 Å². The number of imidazole rings is 3. The van der Waals surface area contributed by atoms with Gasteiger partial charge in [0, 0.05) is 42.7 Å². The van der Waals surface area contributed by atoms with Crippen LogP contribution in [-0.2, 0) is 0 Å². The van der Waals surface area contributed by atoms with E-state index in [1.54, 1.807) is 58.0 Å². The van der Waals surface area contributed by atoms with Crippen molar-refractivity contribution >= 4 is 100 Å². The molecule has 1 N–H and O–H groups in total. The number of halogens is 2. The number of fused-ring (bicyclic) bond motifs is 6. The van der Waals surface area contributed by atoms with Crippen LogP contribution in [0.2, 0.25) is 0 Å². The summed E-state index contributed by atoms with van der Waals surface area (Å²) in [7, 11) is 3.30. The second kappa shape index (κ2) is 19.5. The van der Waals surface area contributed by atoms with Gasteiger partial charge in [0.15, 0.2) is 11.3 Å². The van der Waals surface area contributed by atoms with Crippen LogP contribution in [0.1, 0.15) is 7.43 Å². The summed E-state index contributed by atoms with van der Waals surface area (Å²) >= 11 is 4.60. The topological polar surface area (TPSA) is 134 Å². The number of pyridine rings is 4. The molecule has 12 nitrogen and oxygen atoms in total. The summed E-state index contributed by atoms with van der Waals surface area (Å²) in [6.45, 7) is 0. The predicted octanol–water partition coefficient (Wildman–Crippen LogP) is 11.0. The van der Waals surface area contributed by atoms with Crippen LogP contribution in [0.3, 0.4) is 0 Å². The number of nitrogens with zero attached hydrogens (tertiary/aromatic N) is 9. The average Bonchev–Trinajstić information content (AvgIpc) is 4.06. The number of hydrogen-bond donors (Lipinski definition) is 1. The van der Waals surface area contributed by atoms with Crippen LogP contribution < -0.4 is 9.47 Å². The minimum absolute atomic E-state index is 0. The summed E-state index contributed by atoms with van der Waals surface area (Å²) in [5.41, 5.74) is 9.17. The zero-order chi connectivity index (χ0) is 40.6. The third-order valence-electron chi connectivity index (χ3n) is 9.09. The lowest BCUT2D eigenvalue weighted by Gasteiger charge is -2.08. The number of hydrogen-bond acceptors (Lipinski definition) is 9. The quantitative estimate of drug-likeness (QED) is 0.135. The molecule has 0 fully saturated rings. The Morgan fingerprint density at radius 3 is 1.50 bits per heavy atom. The van der Waals surface area contributed by atoms with Gasteiger partial charge < -0.3 is 14.5 Å². The molecule has 298 valence electrons. The van der Waals surface area contributed by atoms with Gasteiger partial charge in [0.25, 0.3) is 0 Å². The fourth-order valence-electron chi connectivity index (χ4n) is 6.34. The molecule has 0 saturated heterocycles. The van der Waals surface area contributed by atoms with Crippen molar-refractivity contribution in [1.82, 2.24) is 49.0 Å². The highest BCUT2D eigenvalue weighted by molar-refractivity contribution is 14.1. The van der Waals surface area contributed by atoms with E-state index in [4.69, 9.17) is 9.47 Å². The molecule has 60 heavy (non-hydrogen) atoms. The molecular formula is C46H38I2N10O2. The molecule has 4 aromatic carbocycles. The minimum Gasteiger partial charge on any atom is -0.496 e. The van der Waals surface area contributed by atoms with Gasteiger partial charge in [-0.25, -0.2) is 24.9 Å². The lowest BCUT2D eigenvalue weighted by molar-refractivity contribution is 0.419. The molecule has 0 aliphatic carbocycles. The van der Waals surface area contributed by atoms with E-state index in [0.29, 0.717) is 0 Å². The van der Waals surface area contributed by atoms with Gasteiger partial charge in [-0.05, 0) is 142 Å². The molecule has 7 heterocycles. The molecule has 0 atom stereocenters. The number of nitrogens with one attached hydrogen (secondary N) is 1. The summed E-state index contributed by atoms with van der Waals surface area (Å²) < 4.78 is 17.2. The summed E-state index contributed by atoms with van der Waals surface area (Å²) in [6.07, 6.45) is 12.3. The van der Waals surface area contributed by atoms with Gasteiger partial charge in [-0.3, -0.25) is 19.1 Å². The van der Waals surface area contributed by atoms with Gasteiger partial charge in [-0.2, -0.15) is 0 Å². The smallest absolute Gasteiger partial charge is 0.164 e. The number of benzene rings is 4. The number of H-pyrrole nitrogens is 1. The van der Waals surface area contributed by atoms with Crippen LogP contribution in [0.5, 0.6) is 11.5 Å². The lowest BCUT2D eigenvalue weighted by atomic mass is 10.1. The first-order valence-corrected chi connectivity index (χ1v) is 20.4. The van der Waals surface area contributed by atoms with Gasteiger partial charge in [0.1, 0.15) is 46.2 Å². The molecular weight excluding hydrogens is 978 g/mol. The molecule has 0 aliphatic heterocycles. The van der Waals surface area contributed by atoms with E-state index in [9.17, 15) is 0 Å². The summed E-state index contributed by atoms with van der Waals surface area (Å²) in [6, 6.07) is 39.8. The van der Waals surface area contributed by atoms with E-state index in [0.717, 1.165) is 78.0 Å².